The van der Waals surface area contributed by atoms with Crippen molar-refractivity contribution in [3.63, 3.8) is 0 Å². The Bertz CT molecular complexity index is 267. The molecular weight excluding hydrogens is 198 g/mol. The molecule has 1 heterocycles. The van der Waals surface area contributed by atoms with Gasteiger partial charge in [0.1, 0.15) is 0 Å². The van der Waals surface area contributed by atoms with E-state index in [2.05, 4.69) is 4.18 Å². The van der Waals surface area contributed by atoms with Gasteiger partial charge in [0.25, 0.3) is 0 Å². The third-order valence-electron chi connectivity index (χ3n) is 1.83. The SMILES string of the molecule is O=[C]N1CCC(OS(=O)(=O)O)CC1. The molecule has 0 spiro atoms. The molecular formula is C6H10NO5S. The minimum atomic E-state index is -4.37. The molecule has 1 rings (SSSR count). The van der Waals surface area contributed by atoms with Crippen LogP contribution in [0.25, 0.3) is 0 Å². The highest BCUT2D eigenvalue weighted by Gasteiger charge is 2.23. The van der Waals surface area contributed by atoms with Crippen molar-refractivity contribution in [2.45, 2.75) is 18.9 Å². The molecule has 13 heavy (non-hydrogen) atoms. The van der Waals surface area contributed by atoms with E-state index in [1.165, 1.54) is 4.90 Å². The molecule has 1 aliphatic heterocycles. The number of nitrogens with zero attached hydrogens (tertiary/aromatic N) is 1. The predicted molar refractivity (Wildman–Crippen MR) is 42.9 cm³/mol. The fourth-order valence-electron chi connectivity index (χ4n) is 1.22. The van der Waals surface area contributed by atoms with Gasteiger partial charge >= 0.3 is 16.8 Å². The first-order valence-electron chi connectivity index (χ1n) is 3.79. The Labute approximate surface area is 76.4 Å². The van der Waals surface area contributed by atoms with Crippen LogP contribution in [0.4, 0.5) is 0 Å². The molecule has 0 unspecified atom stereocenters. The van der Waals surface area contributed by atoms with Gasteiger partial charge in [-0.2, -0.15) is 8.42 Å². The molecule has 0 aromatic rings. The van der Waals surface area contributed by atoms with E-state index in [-0.39, 0.29) is 0 Å². The van der Waals surface area contributed by atoms with Gasteiger partial charge in [0.05, 0.1) is 6.10 Å². The van der Waals surface area contributed by atoms with Gasteiger partial charge in [0.15, 0.2) is 0 Å². The summed E-state index contributed by atoms with van der Waals surface area (Å²) in [7, 11) is -4.37. The summed E-state index contributed by atoms with van der Waals surface area (Å²) in [4.78, 5) is 11.6. The van der Waals surface area contributed by atoms with Crippen molar-refractivity contribution in [1.82, 2.24) is 4.90 Å². The lowest BCUT2D eigenvalue weighted by Gasteiger charge is -2.26. The lowest BCUT2D eigenvalue weighted by Crippen LogP contribution is -2.36. The van der Waals surface area contributed by atoms with E-state index in [4.69, 9.17) is 4.55 Å². The molecule has 1 aliphatic rings. The largest absolute Gasteiger partial charge is 0.397 e. The van der Waals surface area contributed by atoms with E-state index in [1.807, 2.05) is 0 Å². The number of rotatable bonds is 3. The smallest absolute Gasteiger partial charge is 0.334 e. The van der Waals surface area contributed by atoms with Crippen LogP contribution < -0.4 is 0 Å². The Hall–Kier alpha value is -0.660. The minimum Gasteiger partial charge on any atom is -0.334 e. The van der Waals surface area contributed by atoms with Crippen LogP contribution in [-0.2, 0) is 19.4 Å². The zero-order valence-corrected chi connectivity index (χ0v) is 7.66. The summed E-state index contributed by atoms with van der Waals surface area (Å²) in [5.41, 5.74) is 0. The second-order valence-electron chi connectivity index (χ2n) is 2.80. The molecule has 1 saturated heterocycles. The summed E-state index contributed by atoms with van der Waals surface area (Å²) in [6.45, 7) is 0.813. The normalized spacial score (nSPS) is 20.2. The van der Waals surface area contributed by atoms with Crippen molar-refractivity contribution in [2.75, 3.05) is 13.1 Å². The first-order chi connectivity index (χ1) is 6.01. The number of hydrogen-bond acceptors (Lipinski definition) is 4. The van der Waals surface area contributed by atoms with Gasteiger partial charge in [-0.15, -0.1) is 0 Å². The molecule has 0 bridgehead atoms. The lowest BCUT2D eigenvalue weighted by molar-refractivity contribution is 0.120. The van der Waals surface area contributed by atoms with Gasteiger partial charge in [-0.05, 0) is 12.8 Å². The fourth-order valence-corrected chi connectivity index (χ4v) is 1.75. The minimum absolute atomic E-state index is 0.398. The summed E-state index contributed by atoms with van der Waals surface area (Å²) in [6.07, 6.45) is 1.97. The topological polar surface area (TPSA) is 83.9 Å². The van der Waals surface area contributed by atoms with Gasteiger partial charge < -0.3 is 4.90 Å². The van der Waals surface area contributed by atoms with Crippen molar-refractivity contribution in [1.29, 1.82) is 0 Å². The third-order valence-corrected chi connectivity index (χ3v) is 2.34. The van der Waals surface area contributed by atoms with Gasteiger partial charge in [-0.25, -0.2) is 4.18 Å². The maximum absolute atomic E-state index is 10.3. The highest BCUT2D eigenvalue weighted by Crippen LogP contribution is 2.13. The van der Waals surface area contributed by atoms with Gasteiger partial charge in [-0.1, -0.05) is 0 Å². The molecule has 6 nitrogen and oxygen atoms in total. The van der Waals surface area contributed by atoms with Crippen molar-refractivity contribution in [3.05, 3.63) is 0 Å². The molecule has 0 saturated carbocycles. The summed E-state index contributed by atoms with van der Waals surface area (Å²) < 4.78 is 33.3. The van der Waals surface area contributed by atoms with Gasteiger partial charge in [-0.3, -0.25) is 9.35 Å². The molecule has 1 amide bonds. The van der Waals surface area contributed by atoms with E-state index in [9.17, 15) is 13.2 Å². The van der Waals surface area contributed by atoms with Crippen LogP contribution in [0, 0.1) is 0 Å². The Morgan fingerprint density at radius 2 is 1.92 bits per heavy atom. The first kappa shape index (κ1) is 10.4. The fraction of sp³-hybridized carbons (Fsp3) is 0.833. The Balaban J connectivity index is 2.37. The molecule has 0 aromatic heterocycles. The molecule has 1 radical (unpaired) electrons. The van der Waals surface area contributed by atoms with E-state index < -0.39 is 16.5 Å². The number of amides is 1. The van der Waals surface area contributed by atoms with Crippen molar-refractivity contribution >= 4 is 16.8 Å². The monoisotopic (exact) mass is 208 g/mol. The van der Waals surface area contributed by atoms with Crippen molar-refractivity contribution in [3.8, 4) is 0 Å². The Morgan fingerprint density at radius 1 is 1.38 bits per heavy atom. The van der Waals surface area contributed by atoms with Crippen LogP contribution in [0.1, 0.15) is 12.8 Å². The molecule has 75 valence electrons. The average Bonchev–Trinajstić information content (AvgIpc) is 2.03. The highest BCUT2D eigenvalue weighted by molar-refractivity contribution is 7.80. The summed E-state index contributed by atoms with van der Waals surface area (Å²) in [5.74, 6) is 0. The summed E-state index contributed by atoms with van der Waals surface area (Å²) >= 11 is 0. The average molecular weight is 208 g/mol. The Kier molecular flexibility index (Phi) is 3.23. The third kappa shape index (κ3) is 3.71. The van der Waals surface area contributed by atoms with Gasteiger partial charge in [0, 0.05) is 13.1 Å². The quantitative estimate of drug-likeness (QED) is 0.622. The predicted octanol–water partition coefficient (Wildman–Crippen LogP) is -0.663. The number of carbonyl (C=O) groups excluding carboxylic acids is 1. The number of piperidine rings is 1. The maximum Gasteiger partial charge on any atom is 0.397 e. The van der Waals surface area contributed by atoms with Crippen LogP contribution in [0.15, 0.2) is 0 Å². The highest BCUT2D eigenvalue weighted by atomic mass is 32.3. The molecule has 1 N–H and O–H groups in total. The molecule has 7 heteroatoms. The van der Waals surface area contributed by atoms with E-state index in [0.29, 0.717) is 25.9 Å². The Morgan fingerprint density at radius 3 is 2.31 bits per heavy atom. The molecule has 1 fully saturated rings. The summed E-state index contributed by atoms with van der Waals surface area (Å²) in [5, 5.41) is 0. The second kappa shape index (κ2) is 4.03. The van der Waals surface area contributed by atoms with Crippen LogP contribution in [0.5, 0.6) is 0 Å². The van der Waals surface area contributed by atoms with Crippen LogP contribution in [0.3, 0.4) is 0 Å². The zero-order chi connectivity index (χ0) is 9.90. The van der Waals surface area contributed by atoms with Crippen LogP contribution in [0.2, 0.25) is 0 Å². The maximum atomic E-state index is 10.3. The van der Waals surface area contributed by atoms with E-state index in [1.54, 1.807) is 6.41 Å². The van der Waals surface area contributed by atoms with E-state index >= 15 is 0 Å². The summed E-state index contributed by atoms with van der Waals surface area (Å²) in [6, 6.07) is 0. The molecule has 0 atom stereocenters. The molecule has 0 aliphatic carbocycles. The second-order valence-corrected chi connectivity index (χ2v) is 3.85. The lowest BCUT2D eigenvalue weighted by atomic mass is 10.1. The molecule has 0 aromatic carbocycles. The van der Waals surface area contributed by atoms with Crippen LogP contribution in [-0.4, -0.2) is 43.5 Å². The van der Waals surface area contributed by atoms with Crippen molar-refractivity contribution < 1.29 is 21.9 Å². The van der Waals surface area contributed by atoms with Gasteiger partial charge in [0.2, 0.25) is 0 Å². The first-order valence-corrected chi connectivity index (χ1v) is 5.16. The number of hydrogen-bond donors (Lipinski definition) is 1. The standard InChI is InChI=1S/C6H10NO5S/c8-5-7-3-1-6(2-4-7)12-13(9,10)11/h6H,1-4H2,(H,9,10,11). The number of likely N-dealkylation sites (tertiary alicyclic amines) is 1. The zero-order valence-electron chi connectivity index (χ0n) is 6.84. The van der Waals surface area contributed by atoms with Crippen molar-refractivity contribution in [2.24, 2.45) is 0 Å². The van der Waals surface area contributed by atoms with Crippen LogP contribution >= 0.6 is 0 Å². The van der Waals surface area contributed by atoms with E-state index in [0.717, 1.165) is 0 Å².